The molecule has 0 spiro atoms. The van der Waals surface area contributed by atoms with Gasteiger partial charge in [-0.05, 0) is 50.6 Å². The van der Waals surface area contributed by atoms with Gasteiger partial charge < -0.3 is 4.90 Å². The van der Waals surface area contributed by atoms with Crippen LogP contribution in [-0.2, 0) is 12.7 Å². The van der Waals surface area contributed by atoms with Crippen molar-refractivity contribution in [1.29, 1.82) is 5.26 Å². The Morgan fingerprint density at radius 3 is 2.27 bits per heavy atom. The van der Waals surface area contributed by atoms with Crippen LogP contribution in [0.2, 0.25) is 0 Å². The maximum absolute atomic E-state index is 12.8. The van der Waals surface area contributed by atoms with Crippen molar-refractivity contribution >= 4 is 5.91 Å². The van der Waals surface area contributed by atoms with Crippen molar-refractivity contribution in [3.05, 3.63) is 64.5 Å². The Kier molecular flexibility index (Phi) is 5.66. The third-order valence-electron chi connectivity index (χ3n) is 3.93. The second kappa shape index (κ2) is 7.56. The lowest BCUT2D eigenvalue weighted by Crippen LogP contribution is -2.37. The first kappa shape index (κ1) is 19.4. The Hall–Kier alpha value is -2.88. The summed E-state index contributed by atoms with van der Waals surface area (Å²) in [7, 11) is 0. The first-order chi connectivity index (χ1) is 12.1. The molecule has 1 amide bonds. The summed E-state index contributed by atoms with van der Waals surface area (Å²) in [6.07, 6.45) is -4.55. The van der Waals surface area contributed by atoms with Crippen LogP contribution in [0.3, 0.4) is 0 Å². The molecule has 0 fully saturated rings. The molecular weight excluding hydrogens is 343 g/mol. The van der Waals surface area contributed by atoms with E-state index in [0.717, 1.165) is 11.6 Å². The Labute approximate surface area is 149 Å². The second-order valence-corrected chi connectivity index (χ2v) is 6.16. The molecule has 1 heterocycles. The van der Waals surface area contributed by atoms with Gasteiger partial charge in [0, 0.05) is 12.6 Å². The monoisotopic (exact) mass is 361 g/mol. The molecule has 0 radical (unpaired) electrons. The van der Waals surface area contributed by atoms with Crippen LogP contribution in [0.1, 0.15) is 46.7 Å². The summed E-state index contributed by atoms with van der Waals surface area (Å²) >= 11 is 0. The third-order valence-corrected chi connectivity index (χ3v) is 3.93. The molecule has 2 aromatic rings. The van der Waals surface area contributed by atoms with Crippen LogP contribution in [0.4, 0.5) is 13.2 Å². The highest BCUT2D eigenvalue weighted by atomic mass is 19.4. The number of carbonyl (C=O) groups is 1. The van der Waals surface area contributed by atoms with Crippen molar-refractivity contribution in [1.82, 2.24) is 9.88 Å². The van der Waals surface area contributed by atoms with Crippen molar-refractivity contribution < 1.29 is 18.0 Å². The van der Waals surface area contributed by atoms with E-state index in [2.05, 4.69) is 4.98 Å². The van der Waals surface area contributed by atoms with E-state index in [-0.39, 0.29) is 29.8 Å². The number of amides is 1. The molecule has 136 valence electrons. The van der Waals surface area contributed by atoms with E-state index in [1.807, 2.05) is 19.9 Å². The third kappa shape index (κ3) is 4.39. The van der Waals surface area contributed by atoms with E-state index >= 15 is 0 Å². The van der Waals surface area contributed by atoms with Gasteiger partial charge in [-0.3, -0.25) is 4.79 Å². The van der Waals surface area contributed by atoms with Crippen LogP contribution in [0, 0.1) is 18.3 Å². The molecule has 2 rings (SSSR count). The second-order valence-electron chi connectivity index (χ2n) is 6.16. The predicted octanol–water partition coefficient (Wildman–Crippen LogP) is 4.33. The van der Waals surface area contributed by atoms with Crippen LogP contribution >= 0.6 is 0 Å². The molecule has 4 nitrogen and oxygen atoms in total. The summed E-state index contributed by atoms with van der Waals surface area (Å²) in [5.74, 6) is -0.386. The smallest absolute Gasteiger partial charge is 0.332 e. The number of rotatable bonds is 4. The molecule has 1 aromatic carbocycles. The standard InChI is InChI=1S/C19H18F3N3O/c1-12(2)25(11-15-6-4-14(10-23)5-7-15)18(26)16-8-9-17(19(20,21)22)24-13(16)3/h4-9,12H,11H2,1-3H3. The van der Waals surface area contributed by atoms with E-state index < -0.39 is 11.9 Å². The molecule has 26 heavy (non-hydrogen) atoms. The Balaban J connectivity index is 2.29. The highest BCUT2D eigenvalue weighted by molar-refractivity contribution is 5.95. The summed E-state index contributed by atoms with van der Waals surface area (Å²) in [5.41, 5.74) is 0.493. The molecule has 0 aliphatic rings. The van der Waals surface area contributed by atoms with Gasteiger partial charge in [-0.15, -0.1) is 0 Å². The van der Waals surface area contributed by atoms with Gasteiger partial charge in [-0.2, -0.15) is 18.4 Å². The Morgan fingerprint density at radius 2 is 1.81 bits per heavy atom. The van der Waals surface area contributed by atoms with Crippen LogP contribution in [-0.4, -0.2) is 21.8 Å². The minimum absolute atomic E-state index is 0.0373. The number of nitrogens with zero attached hydrogens (tertiary/aromatic N) is 3. The van der Waals surface area contributed by atoms with Crippen molar-refractivity contribution in [2.24, 2.45) is 0 Å². The van der Waals surface area contributed by atoms with Gasteiger partial charge in [0.1, 0.15) is 5.69 Å². The number of carbonyl (C=O) groups excluding carboxylic acids is 1. The number of hydrogen-bond acceptors (Lipinski definition) is 3. The number of hydrogen-bond donors (Lipinski definition) is 0. The van der Waals surface area contributed by atoms with Gasteiger partial charge in [0.15, 0.2) is 0 Å². The Bertz CT molecular complexity index is 837. The predicted molar refractivity (Wildman–Crippen MR) is 90.1 cm³/mol. The minimum Gasteiger partial charge on any atom is -0.332 e. The number of halogens is 3. The van der Waals surface area contributed by atoms with Gasteiger partial charge in [0.2, 0.25) is 0 Å². The summed E-state index contributed by atoms with van der Waals surface area (Å²) < 4.78 is 38.3. The zero-order valence-corrected chi connectivity index (χ0v) is 14.6. The van der Waals surface area contributed by atoms with Gasteiger partial charge in [0.05, 0.1) is 22.9 Å². The van der Waals surface area contributed by atoms with Gasteiger partial charge in [0.25, 0.3) is 5.91 Å². The van der Waals surface area contributed by atoms with Crippen LogP contribution in [0.15, 0.2) is 36.4 Å². The highest BCUT2D eigenvalue weighted by Gasteiger charge is 2.33. The summed E-state index contributed by atoms with van der Waals surface area (Å²) in [4.78, 5) is 17.9. The first-order valence-electron chi connectivity index (χ1n) is 7.98. The fraction of sp³-hybridized carbons (Fsp3) is 0.316. The maximum Gasteiger partial charge on any atom is 0.433 e. The highest BCUT2D eigenvalue weighted by Crippen LogP contribution is 2.28. The molecule has 0 saturated carbocycles. The van der Waals surface area contributed by atoms with E-state index in [4.69, 9.17) is 5.26 Å². The number of pyridine rings is 1. The fourth-order valence-electron chi connectivity index (χ4n) is 2.47. The molecule has 0 aliphatic heterocycles. The van der Waals surface area contributed by atoms with E-state index in [0.29, 0.717) is 5.56 Å². The SMILES string of the molecule is Cc1nc(C(F)(F)F)ccc1C(=O)N(Cc1ccc(C#N)cc1)C(C)C. The zero-order valence-electron chi connectivity index (χ0n) is 14.6. The number of aromatic nitrogens is 1. The number of benzene rings is 1. The lowest BCUT2D eigenvalue weighted by molar-refractivity contribution is -0.141. The lowest BCUT2D eigenvalue weighted by Gasteiger charge is -2.27. The topological polar surface area (TPSA) is 57.0 Å². The van der Waals surface area contributed by atoms with Crippen molar-refractivity contribution in [3.63, 3.8) is 0 Å². The average molecular weight is 361 g/mol. The van der Waals surface area contributed by atoms with Crippen molar-refractivity contribution in [2.75, 3.05) is 0 Å². The molecule has 1 aromatic heterocycles. The van der Waals surface area contributed by atoms with Crippen LogP contribution < -0.4 is 0 Å². The van der Waals surface area contributed by atoms with Gasteiger partial charge >= 0.3 is 6.18 Å². The first-order valence-corrected chi connectivity index (χ1v) is 7.98. The number of aryl methyl sites for hydroxylation is 1. The van der Waals surface area contributed by atoms with E-state index in [1.165, 1.54) is 13.0 Å². The minimum atomic E-state index is -4.55. The van der Waals surface area contributed by atoms with E-state index in [1.54, 1.807) is 29.2 Å². The summed E-state index contributed by atoms with van der Waals surface area (Å²) in [5, 5.41) is 8.84. The summed E-state index contributed by atoms with van der Waals surface area (Å²) in [6, 6.07) is 10.7. The van der Waals surface area contributed by atoms with Gasteiger partial charge in [-0.25, -0.2) is 4.98 Å². The molecule has 0 N–H and O–H groups in total. The quantitative estimate of drug-likeness (QED) is 0.814. The fourth-order valence-corrected chi connectivity index (χ4v) is 2.47. The van der Waals surface area contributed by atoms with Crippen LogP contribution in [0.5, 0.6) is 0 Å². The normalized spacial score (nSPS) is 11.3. The Morgan fingerprint density at radius 1 is 1.19 bits per heavy atom. The number of nitriles is 1. The largest absolute Gasteiger partial charge is 0.433 e. The molecule has 0 unspecified atom stereocenters. The molecule has 0 bridgehead atoms. The average Bonchev–Trinajstić information content (AvgIpc) is 2.58. The van der Waals surface area contributed by atoms with Crippen molar-refractivity contribution in [3.8, 4) is 6.07 Å². The summed E-state index contributed by atoms with van der Waals surface area (Å²) in [6.45, 7) is 5.33. The van der Waals surface area contributed by atoms with E-state index in [9.17, 15) is 18.0 Å². The van der Waals surface area contributed by atoms with Gasteiger partial charge in [-0.1, -0.05) is 12.1 Å². The molecule has 7 heteroatoms. The molecular formula is C19H18F3N3O. The molecule has 0 saturated heterocycles. The number of alkyl halides is 3. The lowest BCUT2D eigenvalue weighted by atomic mass is 10.1. The molecule has 0 atom stereocenters. The van der Waals surface area contributed by atoms with Crippen molar-refractivity contribution in [2.45, 2.75) is 39.5 Å². The maximum atomic E-state index is 12.8. The van der Waals surface area contributed by atoms with Crippen LogP contribution in [0.25, 0.3) is 0 Å². The zero-order chi connectivity index (χ0) is 19.5. The molecule has 0 aliphatic carbocycles.